The van der Waals surface area contributed by atoms with E-state index in [4.69, 9.17) is 4.74 Å². The van der Waals surface area contributed by atoms with Crippen molar-refractivity contribution >= 4 is 38.4 Å². The minimum Gasteiger partial charge on any atom is -0.455 e. The average molecular weight is 433 g/mol. The number of piperidine rings is 1. The van der Waals surface area contributed by atoms with Gasteiger partial charge in [0.05, 0.1) is 17.4 Å². The number of rotatable bonds is 7. The van der Waals surface area contributed by atoms with Gasteiger partial charge in [-0.15, -0.1) is 0 Å². The highest BCUT2D eigenvalue weighted by Crippen LogP contribution is 2.27. The maximum atomic E-state index is 12.8. The molecule has 0 radical (unpaired) electrons. The minimum atomic E-state index is -3.24. The molecule has 2 aromatic carbocycles. The van der Waals surface area contributed by atoms with E-state index in [9.17, 15) is 18.0 Å². The number of hydrogen-bond donors (Lipinski definition) is 0. The van der Waals surface area contributed by atoms with E-state index in [0.717, 1.165) is 16.5 Å². The Kier molecular flexibility index (Phi) is 7.10. The summed E-state index contributed by atoms with van der Waals surface area (Å²) in [7, 11) is -3.24. The molecule has 7 nitrogen and oxygen atoms in total. The number of ether oxygens (including phenoxy) is 1. The molecule has 30 heavy (non-hydrogen) atoms. The normalized spacial score (nSPS) is 15.8. The van der Waals surface area contributed by atoms with E-state index in [1.165, 1.54) is 4.31 Å². The van der Waals surface area contributed by atoms with Crippen LogP contribution in [-0.4, -0.2) is 56.6 Å². The zero-order chi connectivity index (χ0) is 21.7. The molecule has 2 aromatic rings. The predicted molar refractivity (Wildman–Crippen MR) is 117 cm³/mol. The molecule has 1 amide bonds. The molecule has 3 rings (SSSR count). The molecule has 0 aliphatic carbocycles. The molecule has 0 saturated carbocycles. The maximum absolute atomic E-state index is 12.8. The number of nitrogens with zero attached hydrogens (tertiary/aromatic N) is 2. The van der Waals surface area contributed by atoms with Crippen molar-refractivity contribution in [3.8, 4) is 0 Å². The van der Waals surface area contributed by atoms with Crippen molar-refractivity contribution in [1.29, 1.82) is 0 Å². The third kappa shape index (κ3) is 4.82. The Morgan fingerprint density at radius 3 is 2.40 bits per heavy atom. The Bertz CT molecular complexity index is 1010. The number of carbonyl (C=O) groups is 2. The van der Waals surface area contributed by atoms with Gasteiger partial charge in [-0.1, -0.05) is 36.4 Å². The highest BCUT2D eigenvalue weighted by molar-refractivity contribution is 7.89. The fourth-order valence-corrected chi connectivity index (χ4v) is 4.94. The van der Waals surface area contributed by atoms with Crippen molar-refractivity contribution in [3.05, 3.63) is 42.5 Å². The monoisotopic (exact) mass is 432 g/mol. The van der Waals surface area contributed by atoms with Crippen molar-refractivity contribution in [2.75, 3.05) is 36.9 Å². The molecule has 1 heterocycles. The lowest BCUT2D eigenvalue weighted by molar-refractivity contribution is -0.153. The molecule has 8 heteroatoms. The van der Waals surface area contributed by atoms with Crippen molar-refractivity contribution in [3.63, 3.8) is 0 Å². The van der Waals surface area contributed by atoms with Crippen LogP contribution in [0.4, 0.5) is 5.69 Å². The van der Waals surface area contributed by atoms with Gasteiger partial charge in [0, 0.05) is 25.0 Å². The second-order valence-corrected chi connectivity index (χ2v) is 9.58. The first-order valence-electron chi connectivity index (χ1n) is 10.3. The number of carbonyl (C=O) groups excluding carboxylic acids is 2. The first-order chi connectivity index (χ1) is 14.4. The SMILES string of the molecule is CCN(C(=O)COC(=O)C1CCN(S(=O)(=O)CC)CC1)c1cccc2ccccc12. The highest BCUT2D eigenvalue weighted by Gasteiger charge is 2.31. The van der Waals surface area contributed by atoms with Gasteiger partial charge in [-0.2, -0.15) is 0 Å². The molecule has 0 atom stereocenters. The molecule has 0 aromatic heterocycles. The number of esters is 1. The van der Waals surface area contributed by atoms with Crippen LogP contribution >= 0.6 is 0 Å². The van der Waals surface area contributed by atoms with Gasteiger partial charge >= 0.3 is 5.97 Å². The van der Waals surface area contributed by atoms with Crippen LogP contribution in [0.3, 0.4) is 0 Å². The number of benzene rings is 2. The van der Waals surface area contributed by atoms with Crippen LogP contribution in [0.25, 0.3) is 10.8 Å². The molecule has 162 valence electrons. The lowest BCUT2D eigenvalue weighted by Gasteiger charge is -2.30. The third-order valence-corrected chi connectivity index (χ3v) is 7.44. The molecular formula is C22H28N2O5S. The van der Waals surface area contributed by atoms with E-state index in [2.05, 4.69) is 0 Å². The zero-order valence-electron chi connectivity index (χ0n) is 17.4. The van der Waals surface area contributed by atoms with E-state index < -0.39 is 16.0 Å². The second-order valence-electron chi connectivity index (χ2n) is 7.32. The quantitative estimate of drug-likeness (QED) is 0.628. The topological polar surface area (TPSA) is 84.0 Å². The molecule has 0 unspecified atom stereocenters. The van der Waals surface area contributed by atoms with E-state index in [0.29, 0.717) is 32.5 Å². The van der Waals surface area contributed by atoms with Crippen LogP contribution in [0.1, 0.15) is 26.7 Å². The lowest BCUT2D eigenvalue weighted by atomic mass is 9.98. The second kappa shape index (κ2) is 9.57. The number of likely N-dealkylation sites (N-methyl/N-ethyl adjacent to an activating group) is 1. The maximum Gasteiger partial charge on any atom is 0.309 e. The Hall–Kier alpha value is -2.45. The third-order valence-electron chi connectivity index (χ3n) is 5.56. The first kappa shape index (κ1) is 22.2. The van der Waals surface area contributed by atoms with Crippen molar-refractivity contribution in [1.82, 2.24) is 4.31 Å². The predicted octanol–water partition coefficient (Wildman–Crippen LogP) is 2.80. The van der Waals surface area contributed by atoms with Gasteiger partial charge in [0.25, 0.3) is 5.91 Å². The van der Waals surface area contributed by atoms with E-state index in [1.807, 2.05) is 49.4 Å². The van der Waals surface area contributed by atoms with Crippen LogP contribution in [0.2, 0.25) is 0 Å². The summed E-state index contributed by atoms with van der Waals surface area (Å²) in [4.78, 5) is 26.8. The van der Waals surface area contributed by atoms with Gasteiger partial charge in [0.2, 0.25) is 10.0 Å². The Balaban J connectivity index is 1.60. The van der Waals surface area contributed by atoms with Gasteiger partial charge in [0.1, 0.15) is 0 Å². The lowest BCUT2D eigenvalue weighted by Crippen LogP contribution is -2.42. The molecule has 1 aliphatic rings. The number of anilines is 1. The fraction of sp³-hybridized carbons (Fsp3) is 0.455. The molecule has 0 bridgehead atoms. The Morgan fingerprint density at radius 2 is 1.73 bits per heavy atom. The largest absolute Gasteiger partial charge is 0.455 e. The van der Waals surface area contributed by atoms with Crippen molar-refractivity contribution in [2.24, 2.45) is 5.92 Å². The van der Waals surface area contributed by atoms with Crippen LogP contribution in [0.15, 0.2) is 42.5 Å². The molecule has 0 spiro atoms. The first-order valence-corrected chi connectivity index (χ1v) is 11.9. The summed E-state index contributed by atoms with van der Waals surface area (Å²) in [5, 5.41) is 2.00. The van der Waals surface area contributed by atoms with Crippen LogP contribution in [0.5, 0.6) is 0 Å². The van der Waals surface area contributed by atoms with Crippen molar-refractivity contribution < 1.29 is 22.7 Å². The van der Waals surface area contributed by atoms with Crippen LogP contribution < -0.4 is 4.90 Å². The summed E-state index contributed by atoms with van der Waals surface area (Å²) in [5.74, 6) is -1.05. The van der Waals surface area contributed by atoms with Gasteiger partial charge in [0.15, 0.2) is 6.61 Å². The highest BCUT2D eigenvalue weighted by atomic mass is 32.2. The molecule has 1 fully saturated rings. The standard InChI is InChI=1S/C22H28N2O5S/c1-3-24(20-11-7-9-17-8-5-6-10-19(17)20)21(25)16-29-22(26)18-12-14-23(15-13-18)30(27,28)4-2/h5-11,18H,3-4,12-16H2,1-2H3. The smallest absolute Gasteiger partial charge is 0.309 e. The number of sulfonamides is 1. The molecule has 1 saturated heterocycles. The number of amides is 1. The van der Waals surface area contributed by atoms with E-state index >= 15 is 0 Å². The number of hydrogen-bond acceptors (Lipinski definition) is 5. The molecule has 1 aliphatic heterocycles. The van der Waals surface area contributed by atoms with Gasteiger partial charge in [-0.25, -0.2) is 12.7 Å². The fourth-order valence-electron chi connectivity index (χ4n) is 3.81. The van der Waals surface area contributed by atoms with E-state index in [1.54, 1.807) is 11.8 Å². The number of fused-ring (bicyclic) bond motifs is 1. The minimum absolute atomic E-state index is 0.0532. The van der Waals surface area contributed by atoms with E-state index in [-0.39, 0.29) is 24.2 Å². The zero-order valence-corrected chi connectivity index (χ0v) is 18.2. The molecule has 0 N–H and O–H groups in total. The summed E-state index contributed by atoms with van der Waals surface area (Å²) in [5.41, 5.74) is 0.787. The van der Waals surface area contributed by atoms with Crippen molar-refractivity contribution in [2.45, 2.75) is 26.7 Å². The summed E-state index contributed by atoms with van der Waals surface area (Å²) in [6, 6.07) is 13.6. The Labute approximate surface area is 177 Å². The molecular weight excluding hydrogens is 404 g/mol. The average Bonchev–Trinajstić information content (AvgIpc) is 2.78. The van der Waals surface area contributed by atoms with Crippen LogP contribution in [-0.2, 0) is 24.3 Å². The summed E-state index contributed by atoms with van der Waals surface area (Å²) >= 11 is 0. The Morgan fingerprint density at radius 1 is 1.07 bits per heavy atom. The summed E-state index contributed by atoms with van der Waals surface area (Å²) in [6.45, 7) is 4.23. The van der Waals surface area contributed by atoms with Gasteiger partial charge in [-0.05, 0) is 38.1 Å². The summed E-state index contributed by atoms with van der Waals surface area (Å²) in [6.07, 6.45) is 0.820. The van der Waals surface area contributed by atoms with Gasteiger partial charge in [-0.3, -0.25) is 9.59 Å². The van der Waals surface area contributed by atoms with Crippen LogP contribution in [0, 0.1) is 5.92 Å². The van der Waals surface area contributed by atoms with Gasteiger partial charge < -0.3 is 9.64 Å². The summed E-state index contributed by atoms with van der Waals surface area (Å²) < 4.78 is 30.6.